The molecule has 3 nitrogen and oxygen atoms in total. The van der Waals surface area contributed by atoms with Crippen molar-refractivity contribution in [1.29, 1.82) is 5.26 Å². The predicted octanol–water partition coefficient (Wildman–Crippen LogP) is 4.58. The Bertz CT molecular complexity index is 862. The van der Waals surface area contributed by atoms with E-state index < -0.39 is 13.9 Å². The average molecular weight is 458 g/mol. The SMILES string of the molecule is Cn1ncc(I)c1-c1c(F)c(Cl)cc(C#C[Si](C)(C)C)c1C#N. The number of aromatic nitrogens is 2. The molecule has 23 heavy (non-hydrogen) atoms. The molecule has 0 saturated heterocycles. The number of benzene rings is 1. The summed E-state index contributed by atoms with van der Waals surface area (Å²) in [5, 5.41) is 13.6. The molecular formula is C16H14ClFIN3Si. The summed E-state index contributed by atoms with van der Waals surface area (Å²) in [4.78, 5) is 0. The van der Waals surface area contributed by atoms with Crippen LogP contribution in [-0.4, -0.2) is 17.9 Å². The minimum atomic E-state index is -1.64. The molecule has 1 heterocycles. The van der Waals surface area contributed by atoms with Gasteiger partial charge in [0.25, 0.3) is 0 Å². The van der Waals surface area contributed by atoms with E-state index in [9.17, 15) is 9.65 Å². The van der Waals surface area contributed by atoms with Gasteiger partial charge < -0.3 is 0 Å². The minimum Gasteiger partial charge on any atom is -0.267 e. The molecule has 0 spiro atoms. The first-order valence-electron chi connectivity index (χ1n) is 6.79. The third-order valence-electron chi connectivity index (χ3n) is 3.03. The molecule has 118 valence electrons. The highest BCUT2D eigenvalue weighted by Gasteiger charge is 2.23. The second-order valence-electron chi connectivity index (χ2n) is 6.05. The van der Waals surface area contributed by atoms with Crippen LogP contribution in [0.2, 0.25) is 24.7 Å². The monoisotopic (exact) mass is 457 g/mol. The fraction of sp³-hybridized carbons (Fsp3) is 0.250. The Balaban J connectivity index is 2.85. The lowest BCUT2D eigenvalue weighted by Gasteiger charge is -2.11. The van der Waals surface area contributed by atoms with Crippen LogP contribution < -0.4 is 0 Å². The fourth-order valence-corrected chi connectivity index (χ4v) is 3.47. The van der Waals surface area contributed by atoms with Crippen molar-refractivity contribution in [1.82, 2.24) is 9.78 Å². The zero-order valence-corrected chi connectivity index (χ0v) is 17.0. The maximum absolute atomic E-state index is 14.7. The fourth-order valence-electron chi connectivity index (χ4n) is 2.01. The number of nitriles is 1. The lowest BCUT2D eigenvalue weighted by Crippen LogP contribution is -2.16. The van der Waals surface area contributed by atoms with E-state index in [1.807, 2.05) is 0 Å². The number of rotatable bonds is 1. The van der Waals surface area contributed by atoms with E-state index in [1.54, 1.807) is 13.2 Å². The van der Waals surface area contributed by atoms with Gasteiger partial charge in [-0.15, -0.1) is 5.54 Å². The lowest BCUT2D eigenvalue weighted by atomic mass is 9.99. The third kappa shape index (κ3) is 3.77. The first-order valence-corrected chi connectivity index (χ1v) is 11.7. The van der Waals surface area contributed by atoms with E-state index in [1.165, 1.54) is 10.7 Å². The Labute approximate surface area is 154 Å². The Kier molecular flexibility index (Phi) is 5.19. The quantitative estimate of drug-likeness (QED) is 0.357. The standard InChI is InChI=1S/C16H14ClFIN3Si/c1-22-16(13(19)9-21-22)14-11(8-20)10(5-6-23(2,3)4)7-12(17)15(14)18/h7,9H,1-4H3. The number of hydrogen-bond acceptors (Lipinski definition) is 2. The zero-order valence-electron chi connectivity index (χ0n) is 13.1. The summed E-state index contributed by atoms with van der Waals surface area (Å²) in [6.45, 7) is 6.30. The van der Waals surface area contributed by atoms with Crippen molar-refractivity contribution in [2.24, 2.45) is 7.05 Å². The molecule has 1 aromatic heterocycles. The van der Waals surface area contributed by atoms with Crippen molar-refractivity contribution >= 4 is 42.3 Å². The Morgan fingerprint density at radius 3 is 2.52 bits per heavy atom. The highest BCUT2D eigenvalue weighted by molar-refractivity contribution is 14.1. The van der Waals surface area contributed by atoms with E-state index in [2.05, 4.69) is 64.9 Å². The van der Waals surface area contributed by atoms with Gasteiger partial charge in [0.2, 0.25) is 0 Å². The topological polar surface area (TPSA) is 41.6 Å². The van der Waals surface area contributed by atoms with Gasteiger partial charge in [0.05, 0.1) is 31.6 Å². The summed E-state index contributed by atoms with van der Waals surface area (Å²) in [5.74, 6) is 2.40. The van der Waals surface area contributed by atoms with E-state index in [0.29, 0.717) is 11.3 Å². The highest BCUT2D eigenvalue weighted by Crippen LogP contribution is 2.35. The summed E-state index contributed by atoms with van der Waals surface area (Å²) in [5.41, 5.74) is 4.52. The number of nitrogens with zero attached hydrogens (tertiary/aromatic N) is 3. The summed E-state index contributed by atoms with van der Waals surface area (Å²) >= 11 is 8.11. The Morgan fingerprint density at radius 2 is 2.04 bits per heavy atom. The number of halogens is 3. The normalized spacial score (nSPS) is 10.9. The van der Waals surface area contributed by atoms with Gasteiger partial charge in [0, 0.05) is 12.6 Å². The first-order chi connectivity index (χ1) is 10.7. The van der Waals surface area contributed by atoms with Gasteiger partial charge in [0.15, 0.2) is 5.82 Å². The van der Waals surface area contributed by atoms with Crippen LogP contribution in [0.3, 0.4) is 0 Å². The summed E-state index contributed by atoms with van der Waals surface area (Å²) < 4.78 is 16.9. The molecule has 0 aliphatic rings. The van der Waals surface area contributed by atoms with E-state index in [4.69, 9.17) is 11.6 Å². The second-order valence-corrected chi connectivity index (χ2v) is 12.4. The van der Waals surface area contributed by atoms with Crippen molar-refractivity contribution < 1.29 is 4.39 Å². The van der Waals surface area contributed by atoms with Crippen LogP contribution in [0.25, 0.3) is 11.3 Å². The molecule has 0 radical (unpaired) electrons. The van der Waals surface area contributed by atoms with Crippen molar-refractivity contribution in [3.63, 3.8) is 0 Å². The molecule has 7 heteroatoms. The van der Waals surface area contributed by atoms with E-state index >= 15 is 0 Å². The number of aryl methyl sites for hydroxylation is 1. The molecule has 1 aromatic carbocycles. The van der Waals surface area contributed by atoms with Crippen molar-refractivity contribution in [3.8, 4) is 28.8 Å². The van der Waals surface area contributed by atoms with Gasteiger partial charge in [-0.3, -0.25) is 4.68 Å². The van der Waals surface area contributed by atoms with Gasteiger partial charge in [-0.2, -0.15) is 10.4 Å². The van der Waals surface area contributed by atoms with Crippen LogP contribution in [0.5, 0.6) is 0 Å². The second kappa shape index (κ2) is 6.64. The maximum Gasteiger partial charge on any atom is 0.152 e. The van der Waals surface area contributed by atoms with Crippen LogP contribution >= 0.6 is 34.2 Å². The van der Waals surface area contributed by atoms with Crippen LogP contribution in [-0.2, 0) is 7.05 Å². The average Bonchev–Trinajstić information content (AvgIpc) is 2.78. The Hall–Kier alpha value is -1.35. The van der Waals surface area contributed by atoms with Gasteiger partial charge in [0.1, 0.15) is 14.1 Å². The molecule has 0 saturated carbocycles. The van der Waals surface area contributed by atoms with E-state index in [-0.39, 0.29) is 16.1 Å². The predicted molar refractivity (Wildman–Crippen MR) is 101 cm³/mol. The maximum atomic E-state index is 14.7. The smallest absolute Gasteiger partial charge is 0.152 e. The van der Waals surface area contributed by atoms with Gasteiger partial charge in [-0.1, -0.05) is 37.2 Å². The van der Waals surface area contributed by atoms with Gasteiger partial charge in [-0.25, -0.2) is 4.39 Å². The minimum absolute atomic E-state index is 0.0455. The lowest BCUT2D eigenvalue weighted by molar-refractivity contribution is 0.627. The van der Waals surface area contributed by atoms with Crippen LogP contribution in [0.4, 0.5) is 4.39 Å². The molecule has 2 rings (SSSR count). The third-order valence-corrected chi connectivity index (χ3v) is 4.97. The summed E-state index contributed by atoms with van der Waals surface area (Å²) in [6, 6.07) is 3.51. The molecule has 0 aliphatic heterocycles. The molecule has 0 unspecified atom stereocenters. The largest absolute Gasteiger partial charge is 0.267 e. The molecule has 2 aromatic rings. The van der Waals surface area contributed by atoms with Crippen LogP contribution in [0.15, 0.2) is 12.3 Å². The van der Waals surface area contributed by atoms with Crippen molar-refractivity contribution in [2.75, 3.05) is 0 Å². The molecular weight excluding hydrogens is 444 g/mol. The highest BCUT2D eigenvalue weighted by atomic mass is 127. The Morgan fingerprint density at radius 1 is 1.39 bits per heavy atom. The molecule has 0 bridgehead atoms. The van der Waals surface area contributed by atoms with Crippen molar-refractivity contribution in [2.45, 2.75) is 19.6 Å². The molecule has 0 N–H and O–H groups in total. The summed E-state index contributed by atoms with van der Waals surface area (Å²) in [7, 11) is 0.0623. The van der Waals surface area contributed by atoms with Gasteiger partial charge >= 0.3 is 0 Å². The van der Waals surface area contributed by atoms with Crippen LogP contribution in [0.1, 0.15) is 11.1 Å². The molecule has 0 aliphatic carbocycles. The van der Waals surface area contributed by atoms with Crippen molar-refractivity contribution in [3.05, 3.63) is 37.8 Å². The summed E-state index contributed by atoms with van der Waals surface area (Å²) in [6.07, 6.45) is 1.62. The zero-order chi connectivity index (χ0) is 17.4. The van der Waals surface area contributed by atoms with E-state index in [0.717, 1.165) is 3.57 Å². The molecule has 0 fully saturated rings. The first kappa shape index (κ1) is 18.0. The molecule has 0 amide bonds. The van der Waals surface area contributed by atoms with Crippen LogP contribution in [0, 0.1) is 32.2 Å². The molecule has 0 atom stereocenters. The van der Waals surface area contributed by atoms with Gasteiger partial charge in [-0.05, 0) is 28.7 Å². The number of hydrogen-bond donors (Lipinski definition) is 0.